The average Bonchev–Trinajstić information content (AvgIpc) is 3.31. The molecule has 3 rings (SSSR count). The van der Waals surface area contributed by atoms with Crippen LogP contribution in [0.5, 0.6) is 0 Å². The number of allylic oxidation sites excluding steroid dienone is 1. The average molecular weight is 960 g/mol. The summed E-state index contributed by atoms with van der Waals surface area (Å²) < 4.78 is 40.3. The van der Waals surface area contributed by atoms with E-state index in [1.807, 2.05) is 27.9 Å². The second kappa shape index (κ2) is 26.9. The van der Waals surface area contributed by atoms with Gasteiger partial charge in [-0.2, -0.15) is 0 Å². The lowest BCUT2D eigenvalue weighted by Gasteiger charge is -2.46. The Morgan fingerprint density at radius 1 is 0.687 bits per heavy atom. The molecule has 0 saturated heterocycles. The molecular weight excluding hydrogens is 865 g/mol. The molecule has 0 aliphatic carbocycles. The minimum absolute atomic E-state index is 0.00699. The van der Waals surface area contributed by atoms with Gasteiger partial charge in [0.25, 0.3) is 0 Å². The summed E-state index contributed by atoms with van der Waals surface area (Å²) >= 11 is 0. The van der Waals surface area contributed by atoms with Gasteiger partial charge in [-0.05, 0) is 124 Å². The number of methoxy groups -OCH3 is 2. The quantitative estimate of drug-likeness (QED) is 0.0297. The number of rotatable bonds is 29. The second-order valence-corrected chi connectivity index (χ2v) is 31.5. The van der Waals surface area contributed by atoms with Crippen molar-refractivity contribution < 1.29 is 32.6 Å². The molecule has 3 aromatic rings. The van der Waals surface area contributed by atoms with E-state index in [1.54, 1.807) is 7.11 Å². The number of hydrogen-bond acceptors (Lipinski definition) is 7. The molecule has 7 unspecified atom stereocenters. The van der Waals surface area contributed by atoms with Crippen LogP contribution in [0, 0.1) is 23.2 Å². The Kier molecular flexibility index (Phi) is 23.5. The summed E-state index contributed by atoms with van der Waals surface area (Å²) in [7, 11) is -0.551. The van der Waals surface area contributed by atoms with Gasteiger partial charge >= 0.3 is 5.97 Å². The molecule has 0 N–H and O–H groups in total. The number of esters is 1. The lowest BCUT2D eigenvalue weighted by molar-refractivity contribution is -0.153. The maximum atomic E-state index is 12.9. The first-order valence-electron chi connectivity index (χ1n) is 25.6. The molecule has 9 heteroatoms. The van der Waals surface area contributed by atoms with Crippen LogP contribution in [0.25, 0.3) is 0 Å². The molecule has 0 fully saturated rings. The summed E-state index contributed by atoms with van der Waals surface area (Å²) in [5.41, 5.74) is 3.16. The highest BCUT2D eigenvalue weighted by atomic mass is 28.4. The Balaban J connectivity index is 1.81. The smallest absolute Gasteiger partial charge is 0.311 e. The molecule has 0 aliphatic heterocycles. The van der Waals surface area contributed by atoms with E-state index in [-0.39, 0.29) is 47.3 Å². The van der Waals surface area contributed by atoms with Gasteiger partial charge in [-0.3, -0.25) is 4.79 Å². The predicted molar refractivity (Wildman–Crippen MR) is 286 cm³/mol. The molecule has 3 aromatic carbocycles. The van der Waals surface area contributed by atoms with Crippen LogP contribution in [0.3, 0.4) is 0 Å². The van der Waals surface area contributed by atoms with Gasteiger partial charge < -0.3 is 27.8 Å². The Bertz CT molecular complexity index is 1760. The van der Waals surface area contributed by atoms with Crippen molar-refractivity contribution in [3.63, 3.8) is 0 Å². The number of carbonyl (C=O) groups excluding carboxylic acids is 1. The Labute approximate surface area is 411 Å². The molecule has 0 aromatic heterocycles. The summed E-state index contributed by atoms with van der Waals surface area (Å²) in [5.74, 6) is 0.528. The van der Waals surface area contributed by atoms with Gasteiger partial charge in [-0.15, -0.1) is 0 Å². The Hall–Kier alpha value is -2.90. The van der Waals surface area contributed by atoms with E-state index in [4.69, 9.17) is 27.8 Å². The monoisotopic (exact) mass is 959 g/mol. The zero-order valence-corrected chi connectivity index (χ0v) is 47.2. The standard InChI is InChI=1S/C58H94O7Si2/c1-18-67(19-2,20-3)64-53(40-41-62-55(59)56(8,9)10)47(7)54(65-66(16,17)57(11,12)13)46(6)38-39-52(61-15)45(5)37-36-44(4)42-51(60-14)43-63-58(48-30-24-21-25-31-48,49-32-26-22-27-33-49)50-34-28-23-29-35-50/h21-35,37,44,46-47,51-54H,18-20,36,38-43H2,1-17H3/b45-37+. The van der Waals surface area contributed by atoms with Crippen molar-refractivity contribution in [3.8, 4) is 0 Å². The van der Waals surface area contributed by atoms with E-state index in [2.05, 4.69) is 179 Å². The first-order chi connectivity index (χ1) is 31.5. The second-order valence-electron chi connectivity index (χ2n) is 22.0. The van der Waals surface area contributed by atoms with Gasteiger partial charge in [0.1, 0.15) is 5.60 Å². The van der Waals surface area contributed by atoms with Crippen LogP contribution in [-0.2, 0) is 38.2 Å². The van der Waals surface area contributed by atoms with E-state index in [9.17, 15) is 4.79 Å². The molecule has 0 aliphatic rings. The van der Waals surface area contributed by atoms with Crippen molar-refractivity contribution in [1.82, 2.24) is 0 Å². The highest BCUT2D eigenvalue weighted by molar-refractivity contribution is 6.74. The van der Waals surface area contributed by atoms with Crippen LogP contribution >= 0.6 is 0 Å². The Morgan fingerprint density at radius 2 is 1.18 bits per heavy atom. The molecule has 67 heavy (non-hydrogen) atoms. The zero-order chi connectivity index (χ0) is 50.1. The summed E-state index contributed by atoms with van der Waals surface area (Å²) in [6, 6.07) is 34.8. The summed E-state index contributed by atoms with van der Waals surface area (Å²) in [5, 5.41) is 0.0475. The minimum Gasteiger partial charge on any atom is -0.465 e. The van der Waals surface area contributed by atoms with Crippen LogP contribution in [-0.4, -0.2) is 74.5 Å². The van der Waals surface area contributed by atoms with E-state index in [1.165, 1.54) is 5.57 Å². The van der Waals surface area contributed by atoms with Crippen molar-refractivity contribution in [2.45, 2.75) is 188 Å². The molecule has 7 nitrogen and oxygen atoms in total. The van der Waals surface area contributed by atoms with Gasteiger partial charge in [0.15, 0.2) is 16.6 Å². The Morgan fingerprint density at radius 3 is 1.60 bits per heavy atom. The van der Waals surface area contributed by atoms with Crippen LogP contribution in [0.2, 0.25) is 36.3 Å². The van der Waals surface area contributed by atoms with Gasteiger partial charge in [0, 0.05) is 26.6 Å². The molecule has 376 valence electrons. The molecule has 0 bridgehead atoms. The summed E-state index contributed by atoms with van der Waals surface area (Å²) in [4.78, 5) is 12.9. The third-order valence-corrected chi connectivity index (χ3v) is 24.2. The maximum Gasteiger partial charge on any atom is 0.311 e. The molecule has 0 heterocycles. The van der Waals surface area contributed by atoms with Crippen LogP contribution < -0.4 is 0 Å². The van der Waals surface area contributed by atoms with Crippen molar-refractivity contribution in [1.29, 1.82) is 0 Å². The van der Waals surface area contributed by atoms with Crippen LogP contribution in [0.15, 0.2) is 103 Å². The van der Waals surface area contributed by atoms with E-state index in [0.717, 1.165) is 60.5 Å². The molecule has 0 amide bonds. The van der Waals surface area contributed by atoms with Crippen molar-refractivity contribution in [3.05, 3.63) is 119 Å². The highest BCUT2D eigenvalue weighted by Gasteiger charge is 2.45. The van der Waals surface area contributed by atoms with Crippen molar-refractivity contribution >= 4 is 22.6 Å². The number of benzene rings is 3. The first-order valence-corrected chi connectivity index (χ1v) is 31.0. The number of carbonyl (C=O) groups is 1. The predicted octanol–water partition coefficient (Wildman–Crippen LogP) is 15.2. The van der Waals surface area contributed by atoms with E-state index in [0.29, 0.717) is 25.6 Å². The first kappa shape index (κ1) is 58.4. The molecule has 7 atom stereocenters. The maximum absolute atomic E-state index is 12.9. The van der Waals surface area contributed by atoms with Crippen molar-refractivity contribution in [2.75, 3.05) is 27.4 Å². The van der Waals surface area contributed by atoms with Crippen LogP contribution in [0.4, 0.5) is 0 Å². The molecule has 0 saturated carbocycles. The minimum atomic E-state index is -2.19. The fourth-order valence-electron chi connectivity index (χ4n) is 9.10. The molecule has 0 spiro atoms. The van der Waals surface area contributed by atoms with E-state index >= 15 is 0 Å². The van der Waals surface area contributed by atoms with Crippen LogP contribution in [0.1, 0.15) is 139 Å². The van der Waals surface area contributed by atoms with Gasteiger partial charge in [-0.25, -0.2) is 0 Å². The number of ether oxygens (including phenoxy) is 4. The topological polar surface area (TPSA) is 72.5 Å². The normalized spacial score (nSPS) is 16.5. The number of hydrogen-bond donors (Lipinski definition) is 0. The summed E-state index contributed by atoms with van der Waals surface area (Å²) in [6.07, 6.45) is 6.42. The highest BCUT2D eigenvalue weighted by Crippen LogP contribution is 2.43. The lowest BCUT2D eigenvalue weighted by Crippen LogP contribution is -2.51. The third-order valence-electron chi connectivity index (χ3n) is 15.0. The molecular formula is C58H94O7Si2. The zero-order valence-electron chi connectivity index (χ0n) is 45.2. The summed E-state index contributed by atoms with van der Waals surface area (Å²) in [6.45, 7) is 34.3. The van der Waals surface area contributed by atoms with Crippen molar-refractivity contribution in [2.24, 2.45) is 23.2 Å². The van der Waals surface area contributed by atoms with Gasteiger partial charge in [0.2, 0.25) is 0 Å². The van der Waals surface area contributed by atoms with Gasteiger partial charge in [0.05, 0.1) is 43.0 Å². The SMILES string of the molecule is CC[Si](CC)(CC)OC(CCOC(=O)C(C)(C)C)C(C)C(O[Si](C)(C)C(C)(C)C)C(C)CCC(OC)/C(C)=C/CC(C)CC(COC(c1ccccc1)(c1ccccc1)c1ccccc1)OC. The fourth-order valence-corrected chi connectivity index (χ4v) is 13.6. The lowest BCUT2D eigenvalue weighted by atomic mass is 9.80. The fraction of sp³-hybridized carbons (Fsp3) is 0.638. The molecule has 0 radical (unpaired) electrons. The van der Waals surface area contributed by atoms with E-state index < -0.39 is 27.7 Å². The largest absolute Gasteiger partial charge is 0.465 e. The third kappa shape index (κ3) is 16.6. The van der Waals surface area contributed by atoms with Gasteiger partial charge in [-0.1, -0.05) is 159 Å².